The van der Waals surface area contributed by atoms with Crippen molar-refractivity contribution in [3.8, 4) is 5.75 Å². The van der Waals surface area contributed by atoms with E-state index in [-0.39, 0.29) is 42.2 Å². The molecule has 0 spiro atoms. The minimum Gasteiger partial charge on any atom is -0.434 e. The number of guanidine groups is 1. The standard InChI is InChI=1S/C17H26F2N4O3S.HI/c1-12-4-5-15(26-16(18)19)14(8-12)10-22-17(20-2)21-9-13-6-7-23(11-13)27(3,24)25;/h4-5,8,13,16H,6-7,9-11H2,1-3H3,(H2,20,21,22);1H. The van der Waals surface area contributed by atoms with Crippen LogP contribution in [0.25, 0.3) is 0 Å². The highest BCUT2D eigenvalue weighted by Crippen LogP contribution is 2.22. The first-order valence-electron chi connectivity index (χ1n) is 8.63. The zero-order valence-electron chi connectivity index (χ0n) is 16.1. The Morgan fingerprint density at radius 2 is 2.11 bits per heavy atom. The fourth-order valence-corrected chi connectivity index (χ4v) is 3.88. The van der Waals surface area contributed by atoms with Crippen LogP contribution in [0.3, 0.4) is 0 Å². The molecule has 1 aliphatic rings. The van der Waals surface area contributed by atoms with Gasteiger partial charge in [-0.25, -0.2) is 12.7 Å². The maximum atomic E-state index is 12.5. The number of alkyl halides is 2. The van der Waals surface area contributed by atoms with Crippen LogP contribution in [0, 0.1) is 12.8 Å². The minimum atomic E-state index is -3.16. The Morgan fingerprint density at radius 1 is 1.39 bits per heavy atom. The van der Waals surface area contributed by atoms with Crippen LogP contribution in [0.1, 0.15) is 17.5 Å². The van der Waals surface area contributed by atoms with Crippen molar-refractivity contribution in [2.24, 2.45) is 10.9 Å². The molecule has 1 aromatic carbocycles. The molecule has 1 fully saturated rings. The number of benzene rings is 1. The first-order valence-corrected chi connectivity index (χ1v) is 10.5. The zero-order valence-corrected chi connectivity index (χ0v) is 19.3. The van der Waals surface area contributed by atoms with Crippen molar-refractivity contribution in [2.75, 3.05) is 32.9 Å². The smallest absolute Gasteiger partial charge is 0.387 e. The van der Waals surface area contributed by atoms with Gasteiger partial charge in [-0.15, -0.1) is 24.0 Å². The fraction of sp³-hybridized carbons (Fsp3) is 0.588. The lowest BCUT2D eigenvalue weighted by Gasteiger charge is -2.17. The van der Waals surface area contributed by atoms with Crippen molar-refractivity contribution in [1.82, 2.24) is 14.9 Å². The summed E-state index contributed by atoms with van der Waals surface area (Å²) in [6, 6.07) is 5.01. The van der Waals surface area contributed by atoms with E-state index in [4.69, 9.17) is 0 Å². The summed E-state index contributed by atoms with van der Waals surface area (Å²) in [5.74, 6) is 0.824. The summed E-state index contributed by atoms with van der Waals surface area (Å²) in [7, 11) is -1.55. The highest BCUT2D eigenvalue weighted by atomic mass is 127. The van der Waals surface area contributed by atoms with Crippen LogP contribution in [0.15, 0.2) is 23.2 Å². The lowest BCUT2D eigenvalue weighted by atomic mass is 10.1. The topological polar surface area (TPSA) is 83.0 Å². The first-order chi connectivity index (χ1) is 12.7. The summed E-state index contributed by atoms with van der Waals surface area (Å²) in [4.78, 5) is 4.12. The van der Waals surface area contributed by atoms with E-state index in [0.717, 1.165) is 12.0 Å². The Kier molecular flexibility index (Phi) is 9.84. The number of aryl methyl sites for hydroxylation is 1. The molecule has 7 nitrogen and oxygen atoms in total. The van der Waals surface area contributed by atoms with Gasteiger partial charge in [0.15, 0.2) is 5.96 Å². The number of nitrogens with one attached hydrogen (secondary N) is 2. The maximum absolute atomic E-state index is 12.5. The third-order valence-electron chi connectivity index (χ3n) is 4.38. The Balaban J connectivity index is 0.00000392. The average molecular weight is 532 g/mol. The minimum absolute atomic E-state index is 0. The van der Waals surface area contributed by atoms with Gasteiger partial charge in [0.25, 0.3) is 0 Å². The largest absolute Gasteiger partial charge is 0.434 e. The van der Waals surface area contributed by atoms with E-state index in [1.807, 2.05) is 6.92 Å². The molecule has 0 radical (unpaired) electrons. The van der Waals surface area contributed by atoms with Crippen LogP contribution < -0.4 is 15.4 Å². The third kappa shape index (κ3) is 7.66. The molecule has 0 aliphatic carbocycles. The summed E-state index contributed by atoms with van der Waals surface area (Å²) >= 11 is 0. The number of aliphatic imine (C=N–C) groups is 1. The van der Waals surface area contributed by atoms with Crippen molar-refractivity contribution in [3.63, 3.8) is 0 Å². The number of hydrogen-bond acceptors (Lipinski definition) is 4. The van der Waals surface area contributed by atoms with Crippen LogP contribution in [0.4, 0.5) is 8.78 Å². The van der Waals surface area contributed by atoms with Crippen molar-refractivity contribution >= 4 is 40.0 Å². The molecule has 160 valence electrons. The molecule has 0 aromatic heterocycles. The van der Waals surface area contributed by atoms with Crippen molar-refractivity contribution in [1.29, 1.82) is 0 Å². The predicted molar refractivity (Wildman–Crippen MR) is 116 cm³/mol. The highest BCUT2D eigenvalue weighted by molar-refractivity contribution is 14.0. The molecule has 2 rings (SSSR count). The Bertz CT molecular complexity index is 778. The normalized spacial score (nSPS) is 18.1. The lowest BCUT2D eigenvalue weighted by Crippen LogP contribution is -2.40. The van der Waals surface area contributed by atoms with E-state index in [1.165, 1.54) is 16.6 Å². The van der Waals surface area contributed by atoms with Gasteiger partial charge in [0, 0.05) is 38.8 Å². The molecule has 1 atom stereocenters. The maximum Gasteiger partial charge on any atom is 0.387 e. The number of hydrogen-bond donors (Lipinski definition) is 2. The molecule has 1 heterocycles. The molecule has 2 N–H and O–H groups in total. The van der Waals surface area contributed by atoms with Gasteiger partial charge in [0.05, 0.1) is 6.26 Å². The number of rotatable bonds is 7. The summed E-state index contributed by atoms with van der Waals surface area (Å²) in [6.07, 6.45) is 1.99. The van der Waals surface area contributed by atoms with Gasteiger partial charge in [0.1, 0.15) is 5.75 Å². The highest BCUT2D eigenvalue weighted by Gasteiger charge is 2.28. The second-order valence-electron chi connectivity index (χ2n) is 6.57. The van der Waals surface area contributed by atoms with E-state index in [1.54, 1.807) is 19.2 Å². The van der Waals surface area contributed by atoms with Crippen molar-refractivity contribution in [3.05, 3.63) is 29.3 Å². The lowest BCUT2D eigenvalue weighted by molar-refractivity contribution is -0.0504. The van der Waals surface area contributed by atoms with E-state index in [9.17, 15) is 17.2 Å². The number of nitrogens with zero attached hydrogens (tertiary/aromatic N) is 2. The molecule has 0 saturated carbocycles. The Labute approximate surface area is 182 Å². The van der Waals surface area contributed by atoms with Gasteiger partial charge in [-0.2, -0.15) is 8.78 Å². The predicted octanol–water partition coefficient (Wildman–Crippen LogP) is 2.16. The SMILES string of the molecule is CN=C(NCc1cc(C)ccc1OC(F)F)NCC1CCN(S(C)(=O)=O)C1.I. The third-order valence-corrected chi connectivity index (χ3v) is 5.65. The molecule has 1 aromatic rings. The fourth-order valence-electron chi connectivity index (χ4n) is 2.96. The van der Waals surface area contributed by atoms with Crippen molar-refractivity contribution in [2.45, 2.75) is 26.5 Å². The van der Waals surface area contributed by atoms with E-state index < -0.39 is 16.6 Å². The molecular weight excluding hydrogens is 505 g/mol. The van der Waals surface area contributed by atoms with Crippen LogP contribution in [-0.2, 0) is 16.6 Å². The van der Waals surface area contributed by atoms with Gasteiger partial charge in [-0.1, -0.05) is 17.7 Å². The second kappa shape index (κ2) is 11.1. The van der Waals surface area contributed by atoms with Gasteiger partial charge in [0.2, 0.25) is 10.0 Å². The Morgan fingerprint density at radius 3 is 2.68 bits per heavy atom. The summed E-state index contributed by atoms with van der Waals surface area (Å²) in [5.41, 5.74) is 1.53. The molecule has 1 unspecified atom stereocenters. The summed E-state index contributed by atoms with van der Waals surface area (Å²) in [6.45, 7) is 0.825. The van der Waals surface area contributed by atoms with Crippen LogP contribution in [-0.4, -0.2) is 58.2 Å². The van der Waals surface area contributed by atoms with Gasteiger partial charge >= 0.3 is 6.61 Å². The molecule has 0 amide bonds. The molecular formula is C17H27F2IN4O3S. The summed E-state index contributed by atoms with van der Waals surface area (Å²) < 4.78 is 54.3. The molecule has 1 saturated heterocycles. The number of sulfonamides is 1. The molecule has 11 heteroatoms. The van der Waals surface area contributed by atoms with Gasteiger partial charge < -0.3 is 15.4 Å². The first kappa shape index (κ1) is 24.8. The van der Waals surface area contributed by atoms with Crippen LogP contribution in [0.5, 0.6) is 5.75 Å². The van der Waals surface area contributed by atoms with Crippen LogP contribution >= 0.6 is 24.0 Å². The van der Waals surface area contributed by atoms with E-state index in [0.29, 0.717) is 31.2 Å². The van der Waals surface area contributed by atoms with E-state index in [2.05, 4.69) is 20.4 Å². The average Bonchev–Trinajstić information content (AvgIpc) is 3.06. The quantitative estimate of drug-likeness (QED) is 0.320. The van der Waals surface area contributed by atoms with Crippen molar-refractivity contribution < 1.29 is 21.9 Å². The molecule has 1 aliphatic heterocycles. The molecule has 0 bridgehead atoms. The second-order valence-corrected chi connectivity index (χ2v) is 8.55. The van der Waals surface area contributed by atoms with Gasteiger partial charge in [-0.3, -0.25) is 4.99 Å². The zero-order chi connectivity index (χ0) is 20.0. The van der Waals surface area contributed by atoms with Crippen LogP contribution in [0.2, 0.25) is 0 Å². The summed E-state index contributed by atoms with van der Waals surface area (Å²) in [5, 5.41) is 6.23. The van der Waals surface area contributed by atoms with E-state index >= 15 is 0 Å². The number of halogens is 3. The Hall–Kier alpha value is -1.21. The number of ether oxygens (including phenoxy) is 1. The molecule has 28 heavy (non-hydrogen) atoms. The van der Waals surface area contributed by atoms with Gasteiger partial charge in [-0.05, 0) is 25.3 Å². The monoisotopic (exact) mass is 532 g/mol.